The van der Waals surface area contributed by atoms with Crippen molar-refractivity contribution in [2.75, 3.05) is 20.3 Å². The van der Waals surface area contributed by atoms with Crippen LogP contribution < -0.4 is 9.47 Å². The second kappa shape index (κ2) is 4.84. The van der Waals surface area contributed by atoms with Crippen LogP contribution in [0.1, 0.15) is 0 Å². The molecule has 1 atom stereocenters. The third-order valence-electron chi connectivity index (χ3n) is 1.93. The highest BCUT2D eigenvalue weighted by Crippen LogP contribution is 2.38. The van der Waals surface area contributed by atoms with Crippen molar-refractivity contribution in [2.24, 2.45) is 0 Å². The molecule has 15 heavy (non-hydrogen) atoms. The Morgan fingerprint density at radius 3 is 3.27 bits per heavy atom. The predicted molar refractivity (Wildman–Crippen MR) is 66.4 cm³/mol. The van der Waals surface area contributed by atoms with Crippen LogP contribution in [0.2, 0.25) is 0 Å². The summed E-state index contributed by atoms with van der Waals surface area (Å²) in [6, 6.07) is 1.85. The van der Waals surface area contributed by atoms with Gasteiger partial charge in [-0.3, -0.25) is 0 Å². The van der Waals surface area contributed by atoms with Gasteiger partial charge in [0.2, 0.25) is 0 Å². The van der Waals surface area contributed by atoms with Crippen molar-refractivity contribution in [1.82, 2.24) is 4.98 Å². The highest BCUT2D eigenvalue weighted by Gasteiger charge is 2.24. The van der Waals surface area contributed by atoms with Gasteiger partial charge in [0, 0.05) is 13.2 Å². The predicted octanol–water partition coefficient (Wildman–Crippen LogP) is 2.23. The third-order valence-corrected chi connectivity index (χ3v) is 3.02. The highest BCUT2D eigenvalue weighted by molar-refractivity contribution is 14.1. The van der Waals surface area contributed by atoms with Crippen LogP contribution in [-0.4, -0.2) is 31.4 Å². The SMILES string of the molecule is COCC1COc2c(cc(I)nc2Br)O1. The van der Waals surface area contributed by atoms with Crippen LogP contribution in [0.4, 0.5) is 0 Å². The van der Waals surface area contributed by atoms with Gasteiger partial charge in [0.1, 0.15) is 10.3 Å². The molecule has 1 aliphatic rings. The summed E-state index contributed by atoms with van der Waals surface area (Å²) in [6.07, 6.45) is -0.0485. The van der Waals surface area contributed by atoms with E-state index in [4.69, 9.17) is 14.2 Å². The molecule has 82 valence electrons. The van der Waals surface area contributed by atoms with Gasteiger partial charge in [-0.2, -0.15) is 0 Å². The van der Waals surface area contributed by atoms with Crippen molar-refractivity contribution in [3.63, 3.8) is 0 Å². The number of fused-ring (bicyclic) bond motifs is 1. The minimum absolute atomic E-state index is 0.0485. The van der Waals surface area contributed by atoms with Crippen LogP contribution in [0.25, 0.3) is 0 Å². The molecule has 2 heterocycles. The summed E-state index contributed by atoms with van der Waals surface area (Å²) < 4.78 is 17.8. The van der Waals surface area contributed by atoms with Crippen molar-refractivity contribution in [1.29, 1.82) is 0 Å². The summed E-state index contributed by atoms with van der Waals surface area (Å²) in [7, 11) is 1.64. The zero-order valence-electron chi connectivity index (χ0n) is 8.00. The first kappa shape index (κ1) is 11.4. The van der Waals surface area contributed by atoms with E-state index in [2.05, 4.69) is 43.5 Å². The Morgan fingerprint density at radius 2 is 2.53 bits per heavy atom. The molecule has 0 N–H and O–H groups in total. The molecule has 0 saturated carbocycles. The summed E-state index contributed by atoms with van der Waals surface area (Å²) in [5.74, 6) is 1.39. The van der Waals surface area contributed by atoms with Crippen molar-refractivity contribution >= 4 is 38.5 Å². The molecular formula is C9H9BrINO3. The van der Waals surface area contributed by atoms with E-state index in [1.54, 1.807) is 7.11 Å². The monoisotopic (exact) mass is 385 g/mol. The molecule has 0 radical (unpaired) electrons. The number of halogens is 2. The zero-order chi connectivity index (χ0) is 10.8. The Morgan fingerprint density at radius 1 is 1.73 bits per heavy atom. The largest absolute Gasteiger partial charge is 0.483 e. The lowest BCUT2D eigenvalue weighted by molar-refractivity contribution is 0.0263. The molecular weight excluding hydrogens is 377 g/mol. The Hall–Kier alpha value is -0.0800. The van der Waals surface area contributed by atoms with Gasteiger partial charge in [-0.05, 0) is 38.5 Å². The molecule has 1 aromatic heterocycles. The summed E-state index contributed by atoms with van der Waals surface area (Å²) in [5.41, 5.74) is 0. The molecule has 1 aliphatic heterocycles. The molecule has 4 nitrogen and oxygen atoms in total. The maximum absolute atomic E-state index is 5.71. The first-order valence-corrected chi connectivity index (χ1v) is 6.22. The van der Waals surface area contributed by atoms with Crippen LogP contribution >= 0.6 is 38.5 Å². The fraction of sp³-hybridized carbons (Fsp3) is 0.444. The first-order valence-electron chi connectivity index (χ1n) is 4.35. The quantitative estimate of drug-likeness (QED) is 0.578. The number of hydrogen-bond donors (Lipinski definition) is 0. The van der Waals surface area contributed by atoms with Gasteiger partial charge in [-0.15, -0.1) is 0 Å². The maximum Gasteiger partial charge on any atom is 0.194 e. The Kier molecular flexibility index (Phi) is 3.68. The number of methoxy groups -OCH3 is 1. The maximum atomic E-state index is 5.71. The molecule has 2 rings (SSSR count). The topological polar surface area (TPSA) is 40.6 Å². The number of ether oxygens (including phenoxy) is 3. The lowest BCUT2D eigenvalue weighted by atomic mass is 10.3. The van der Waals surface area contributed by atoms with Gasteiger partial charge in [0.25, 0.3) is 0 Å². The van der Waals surface area contributed by atoms with Gasteiger partial charge >= 0.3 is 0 Å². The van der Waals surface area contributed by atoms with Crippen LogP contribution in [-0.2, 0) is 4.74 Å². The normalized spacial score (nSPS) is 19.0. The van der Waals surface area contributed by atoms with Gasteiger partial charge < -0.3 is 14.2 Å². The summed E-state index contributed by atoms with van der Waals surface area (Å²) >= 11 is 5.47. The number of rotatable bonds is 2. The second-order valence-electron chi connectivity index (χ2n) is 3.07. The molecule has 0 bridgehead atoms. The Bertz CT molecular complexity index is 375. The van der Waals surface area contributed by atoms with Crippen LogP contribution in [0, 0.1) is 3.70 Å². The number of nitrogens with zero attached hydrogens (tertiary/aromatic N) is 1. The van der Waals surface area contributed by atoms with E-state index in [1.807, 2.05) is 6.07 Å². The lowest BCUT2D eigenvalue weighted by Gasteiger charge is -2.26. The van der Waals surface area contributed by atoms with Crippen molar-refractivity contribution < 1.29 is 14.2 Å². The Labute approximate surface area is 110 Å². The van der Waals surface area contributed by atoms with E-state index < -0.39 is 0 Å². The number of hydrogen-bond acceptors (Lipinski definition) is 4. The molecule has 0 aromatic carbocycles. The van der Waals surface area contributed by atoms with Gasteiger partial charge in [-0.1, -0.05) is 0 Å². The van der Waals surface area contributed by atoms with E-state index in [-0.39, 0.29) is 6.10 Å². The molecule has 0 fully saturated rings. The fourth-order valence-electron chi connectivity index (χ4n) is 1.33. The van der Waals surface area contributed by atoms with Gasteiger partial charge in [-0.25, -0.2) is 4.98 Å². The van der Waals surface area contributed by atoms with E-state index in [0.29, 0.717) is 23.6 Å². The summed E-state index contributed by atoms with van der Waals surface area (Å²) in [5, 5.41) is 0. The van der Waals surface area contributed by atoms with E-state index in [9.17, 15) is 0 Å². The van der Waals surface area contributed by atoms with Gasteiger partial charge in [0.15, 0.2) is 22.2 Å². The average molecular weight is 386 g/mol. The smallest absolute Gasteiger partial charge is 0.194 e. The molecule has 0 aliphatic carbocycles. The minimum atomic E-state index is -0.0485. The molecule has 0 amide bonds. The van der Waals surface area contributed by atoms with Gasteiger partial charge in [0.05, 0.1) is 6.61 Å². The standard InChI is InChI=1S/C9H9BrINO3/c1-13-3-5-4-14-8-6(15-5)2-7(11)12-9(8)10/h2,5H,3-4H2,1H3. The summed E-state index contributed by atoms with van der Waals surface area (Å²) in [6.45, 7) is 1.01. The first-order chi connectivity index (χ1) is 7.20. The highest BCUT2D eigenvalue weighted by atomic mass is 127. The second-order valence-corrected chi connectivity index (χ2v) is 4.93. The van der Waals surface area contributed by atoms with Crippen LogP contribution in [0.5, 0.6) is 11.5 Å². The molecule has 1 aromatic rings. The van der Waals surface area contributed by atoms with Crippen LogP contribution in [0.15, 0.2) is 10.7 Å². The average Bonchev–Trinajstić information content (AvgIpc) is 2.17. The molecule has 0 saturated heterocycles. The third kappa shape index (κ3) is 2.54. The van der Waals surface area contributed by atoms with Crippen LogP contribution in [0.3, 0.4) is 0 Å². The van der Waals surface area contributed by atoms with Crippen molar-refractivity contribution in [3.8, 4) is 11.5 Å². The summed E-state index contributed by atoms with van der Waals surface area (Å²) in [4.78, 5) is 4.23. The fourth-order valence-corrected chi connectivity index (χ4v) is 2.68. The Balaban J connectivity index is 2.25. The molecule has 0 spiro atoms. The lowest BCUT2D eigenvalue weighted by Crippen LogP contribution is -2.33. The zero-order valence-corrected chi connectivity index (χ0v) is 11.7. The molecule has 6 heteroatoms. The number of pyridine rings is 1. The number of aromatic nitrogens is 1. The van der Waals surface area contributed by atoms with Crippen molar-refractivity contribution in [3.05, 3.63) is 14.4 Å². The van der Waals surface area contributed by atoms with E-state index in [1.165, 1.54) is 0 Å². The van der Waals surface area contributed by atoms with Crippen molar-refractivity contribution in [2.45, 2.75) is 6.10 Å². The van der Waals surface area contributed by atoms with E-state index in [0.717, 1.165) is 9.45 Å². The minimum Gasteiger partial charge on any atom is -0.483 e. The molecule has 1 unspecified atom stereocenters. The van der Waals surface area contributed by atoms with E-state index >= 15 is 0 Å².